The summed E-state index contributed by atoms with van der Waals surface area (Å²) in [6.45, 7) is 1.65. The van der Waals surface area contributed by atoms with E-state index in [2.05, 4.69) is 27.7 Å². The van der Waals surface area contributed by atoms with Crippen LogP contribution < -0.4 is 5.32 Å². The summed E-state index contributed by atoms with van der Waals surface area (Å²) < 4.78 is 0. The Balaban J connectivity index is 1.49. The molecular weight excluding hydrogens is 244 g/mol. The van der Waals surface area contributed by atoms with Crippen LogP contribution >= 0.6 is 11.3 Å². The Labute approximate surface area is 112 Å². The molecule has 0 atom stereocenters. The molecule has 1 amide bonds. The first-order chi connectivity index (χ1) is 8.83. The van der Waals surface area contributed by atoms with Gasteiger partial charge in [0.2, 0.25) is 5.91 Å². The fourth-order valence-corrected chi connectivity index (χ4v) is 2.89. The zero-order valence-electron chi connectivity index (χ0n) is 10.6. The zero-order valence-corrected chi connectivity index (χ0v) is 11.4. The molecule has 0 spiro atoms. The summed E-state index contributed by atoms with van der Waals surface area (Å²) in [5.41, 5.74) is 0. The Morgan fingerprint density at radius 3 is 2.83 bits per heavy atom. The first-order valence-electron chi connectivity index (χ1n) is 6.88. The summed E-state index contributed by atoms with van der Waals surface area (Å²) in [6, 6.07) is 5.39. The van der Waals surface area contributed by atoms with Gasteiger partial charge in [0, 0.05) is 29.9 Å². The van der Waals surface area contributed by atoms with E-state index in [9.17, 15) is 4.79 Å². The van der Waals surface area contributed by atoms with Crippen molar-refractivity contribution in [3.05, 3.63) is 22.4 Å². The van der Waals surface area contributed by atoms with E-state index in [0.29, 0.717) is 24.4 Å². The molecule has 0 bridgehead atoms. The van der Waals surface area contributed by atoms with E-state index in [4.69, 9.17) is 0 Å². The van der Waals surface area contributed by atoms with Crippen LogP contribution in [-0.2, 0) is 11.3 Å². The van der Waals surface area contributed by atoms with Gasteiger partial charge in [-0.25, -0.2) is 0 Å². The second-order valence-electron chi connectivity index (χ2n) is 5.31. The molecule has 0 aliphatic heterocycles. The third kappa shape index (κ3) is 3.33. The number of carbonyl (C=O) groups is 1. The van der Waals surface area contributed by atoms with Crippen LogP contribution in [-0.4, -0.2) is 29.4 Å². The largest absolute Gasteiger partial charge is 0.335 e. The minimum atomic E-state index is 0.319. The predicted molar refractivity (Wildman–Crippen MR) is 73.5 cm³/mol. The van der Waals surface area contributed by atoms with Gasteiger partial charge in [-0.15, -0.1) is 11.3 Å². The first-order valence-corrected chi connectivity index (χ1v) is 7.76. The Morgan fingerprint density at radius 1 is 1.39 bits per heavy atom. The van der Waals surface area contributed by atoms with E-state index >= 15 is 0 Å². The van der Waals surface area contributed by atoms with E-state index in [1.807, 2.05) is 0 Å². The standard InChI is InChI=1S/C14H20N2OS/c17-14(7-8-15-11-3-4-11)16(12-5-6-12)10-13-2-1-9-18-13/h1-2,9,11-12,15H,3-8,10H2. The number of hydrogen-bond acceptors (Lipinski definition) is 3. The number of hydrogen-bond donors (Lipinski definition) is 1. The van der Waals surface area contributed by atoms with E-state index in [0.717, 1.165) is 13.1 Å². The summed E-state index contributed by atoms with van der Waals surface area (Å²) in [5.74, 6) is 0.319. The molecule has 1 aromatic heterocycles. The van der Waals surface area contributed by atoms with E-state index in [-0.39, 0.29) is 0 Å². The Hall–Kier alpha value is -0.870. The third-order valence-corrected chi connectivity index (χ3v) is 4.42. The van der Waals surface area contributed by atoms with Crippen LogP contribution in [0.25, 0.3) is 0 Å². The summed E-state index contributed by atoms with van der Waals surface area (Å²) in [4.78, 5) is 15.6. The summed E-state index contributed by atoms with van der Waals surface area (Å²) in [5, 5.41) is 5.50. The molecule has 0 saturated heterocycles. The van der Waals surface area contributed by atoms with Gasteiger partial charge >= 0.3 is 0 Å². The molecule has 1 N–H and O–H groups in total. The maximum atomic E-state index is 12.2. The number of amides is 1. The molecule has 2 fully saturated rings. The highest BCUT2D eigenvalue weighted by molar-refractivity contribution is 7.09. The molecule has 1 aromatic rings. The molecule has 0 radical (unpaired) electrons. The van der Waals surface area contributed by atoms with Crippen LogP contribution in [0.1, 0.15) is 37.0 Å². The minimum absolute atomic E-state index is 0.319. The van der Waals surface area contributed by atoms with Gasteiger partial charge in [-0.05, 0) is 37.1 Å². The van der Waals surface area contributed by atoms with Crippen LogP contribution in [0.3, 0.4) is 0 Å². The lowest BCUT2D eigenvalue weighted by atomic mass is 10.3. The average molecular weight is 264 g/mol. The maximum Gasteiger partial charge on any atom is 0.224 e. The Kier molecular flexibility index (Phi) is 3.66. The van der Waals surface area contributed by atoms with Crippen molar-refractivity contribution < 1.29 is 4.79 Å². The second kappa shape index (κ2) is 5.41. The molecule has 1 heterocycles. The van der Waals surface area contributed by atoms with Gasteiger partial charge in [-0.1, -0.05) is 6.07 Å². The number of thiophene rings is 1. The SMILES string of the molecule is O=C(CCNC1CC1)N(Cc1cccs1)C1CC1. The topological polar surface area (TPSA) is 32.3 Å². The highest BCUT2D eigenvalue weighted by Crippen LogP contribution is 2.29. The maximum absolute atomic E-state index is 12.2. The number of carbonyl (C=O) groups excluding carboxylic acids is 1. The number of rotatable bonds is 7. The highest BCUT2D eigenvalue weighted by Gasteiger charge is 2.32. The normalized spacial score (nSPS) is 18.9. The van der Waals surface area contributed by atoms with Crippen LogP contribution in [0.2, 0.25) is 0 Å². The number of nitrogens with zero attached hydrogens (tertiary/aromatic N) is 1. The Bertz CT molecular complexity index is 396. The smallest absolute Gasteiger partial charge is 0.224 e. The molecule has 0 aromatic carbocycles. The molecule has 2 aliphatic rings. The van der Waals surface area contributed by atoms with E-state index in [1.165, 1.54) is 30.6 Å². The van der Waals surface area contributed by atoms with Gasteiger partial charge in [0.05, 0.1) is 6.54 Å². The summed E-state index contributed by atoms with van der Waals surface area (Å²) in [6.07, 6.45) is 5.60. The fraction of sp³-hybridized carbons (Fsp3) is 0.643. The van der Waals surface area contributed by atoms with Crippen molar-refractivity contribution in [3.63, 3.8) is 0 Å². The second-order valence-corrected chi connectivity index (χ2v) is 6.34. The van der Waals surface area contributed by atoms with E-state index in [1.54, 1.807) is 11.3 Å². The molecule has 2 saturated carbocycles. The van der Waals surface area contributed by atoms with Crippen LogP contribution in [0.4, 0.5) is 0 Å². The summed E-state index contributed by atoms with van der Waals surface area (Å²) >= 11 is 1.74. The predicted octanol–water partition coefficient (Wildman–Crippen LogP) is 2.38. The van der Waals surface area contributed by atoms with Crippen molar-refractivity contribution in [1.82, 2.24) is 10.2 Å². The monoisotopic (exact) mass is 264 g/mol. The lowest BCUT2D eigenvalue weighted by Crippen LogP contribution is -2.34. The molecule has 4 heteroatoms. The number of nitrogens with one attached hydrogen (secondary N) is 1. The van der Waals surface area contributed by atoms with Crippen molar-refractivity contribution in [2.24, 2.45) is 0 Å². The molecule has 3 rings (SSSR count). The third-order valence-electron chi connectivity index (χ3n) is 3.56. The van der Waals surface area contributed by atoms with Crippen molar-refractivity contribution >= 4 is 17.2 Å². The molecule has 3 nitrogen and oxygen atoms in total. The van der Waals surface area contributed by atoms with Crippen LogP contribution in [0.5, 0.6) is 0 Å². The summed E-state index contributed by atoms with van der Waals surface area (Å²) in [7, 11) is 0. The van der Waals surface area contributed by atoms with Gasteiger partial charge in [0.25, 0.3) is 0 Å². The van der Waals surface area contributed by atoms with Crippen molar-refractivity contribution in [2.75, 3.05) is 6.54 Å². The molecule has 0 unspecified atom stereocenters. The minimum Gasteiger partial charge on any atom is -0.335 e. The van der Waals surface area contributed by atoms with Gasteiger partial charge in [-0.2, -0.15) is 0 Å². The first kappa shape index (κ1) is 12.2. The Morgan fingerprint density at radius 2 is 2.22 bits per heavy atom. The van der Waals surface area contributed by atoms with Crippen molar-refractivity contribution in [1.29, 1.82) is 0 Å². The molecule has 18 heavy (non-hydrogen) atoms. The van der Waals surface area contributed by atoms with Crippen LogP contribution in [0, 0.1) is 0 Å². The lowest BCUT2D eigenvalue weighted by molar-refractivity contribution is -0.132. The van der Waals surface area contributed by atoms with Crippen LogP contribution in [0.15, 0.2) is 17.5 Å². The molecule has 2 aliphatic carbocycles. The van der Waals surface area contributed by atoms with Crippen molar-refractivity contribution in [3.8, 4) is 0 Å². The van der Waals surface area contributed by atoms with Gasteiger partial charge in [0.15, 0.2) is 0 Å². The highest BCUT2D eigenvalue weighted by atomic mass is 32.1. The fourth-order valence-electron chi connectivity index (χ4n) is 2.19. The van der Waals surface area contributed by atoms with Gasteiger partial charge in [-0.3, -0.25) is 4.79 Å². The zero-order chi connectivity index (χ0) is 12.4. The van der Waals surface area contributed by atoms with Gasteiger partial charge < -0.3 is 10.2 Å². The molecule has 98 valence electrons. The molecular formula is C14H20N2OS. The van der Waals surface area contributed by atoms with Crippen molar-refractivity contribution in [2.45, 2.75) is 50.7 Å². The lowest BCUT2D eigenvalue weighted by Gasteiger charge is -2.22. The quantitative estimate of drug-likeness (QED) is 0.820. The average Bonchev–Trinajstić information content (AvgIpc) is 3.28. The van der Waals surface area contributed by atoms with E-state index < -0.39 is 0 Å². The van der Waals surface area contributed by atoms with Gasteiger partial charge in [0.1, 0.15) is 0 Å².